The largest absolute Gasteiger partial charge is 0.497 e. The minimum absolute atomic E-state index is 0.00203. The summed E-state index contributed by atoms with van der Waals surface area (Å²) in [6.45, 7) is 0.00203. The SMILES string of the molecule is COc1ccc(C(C#N)c2cc(OC)ccc2Nc2ccc(CO)cc2)cc1. The van der Waals surface area contributed by atoms with Crippen molar-refractivity contribution in [3.05, 3.63) is 83.4 Å². The average Bonchev–Trinajstić information content (AvgIpc) is 2.76. The van der Waals surface area contributed by atoms with E-state index in [0.717, 1.165) is 33.8 Å². The summed E-state index contributed by atoms with van der Waals surface area (Å²) in [4.78, 5) is 0. The van der Waals surface area contributed by atoms with Crippen LogP contribution in [-0.4, -0.2) is 19.3 Å². The number of hydrogen-bond donors (Lipinski definition) is 2. The Morgan fingerprint density at radius 3 is 2.14 bits per heavy atom. The first-order valence-corrected chi connectivity index (χ1v) is 8.86. The van der Waals surface area contributed by atoms with Gasteiger partial charge in [0, 0.05) is 16.9 Å². The molecule has 0 fully saturated rings. The van der Waals surface area contributed by atoms with Gasteiger partial charge in [0.15, 0.2) is 0 Å². The second-order valence-corrected chi connectivity index (χ2v) is 6.27. The molecule has 3 aromatic rings. The molecule has 28 heavy (non-hydrogen) atoms. The highest BCUT2D eigenvalue weighted by Gasteiger charge is 2.19. The molecule has 5 heteroatoms. The van der Waals surface area contributed by atoms with Crippen molar-refractivity contribution in [2.24, 2.45) is 0 Å². The quantitative estimate of drug-likeness (QED) is 0.632. The maximum atomic E-state index is 9.90. The molecule has 0 saturated carbocycles. The zero-order valence-electron chi connectivity index (χ0n) is 15.8. The first kappa shape index (κ1) is 19.3. The van der Waals surface area contributed by atoms with Gasteiger partial charge in [-0.15, -0.1) is 0 Å². The Bertz CT molecular complexity index is 961. The average molecular weight is 374 g/mol. The number of nitrogens with zero attached hydrogens (tertiary/aromatic N) is 1. The number of rotatable bonds is 7. The van der Waals surface area contributed by atoms with Crippen molar-refractivity contribution < 1.29 is 14.6 Å². The Balaban J connectivity index is 1.99. The van der Waals surface area contributed by atoms with Gasteiger partial charge in [-0.2, -0.15) is 5.26 Å². The van der Waals surface area contributed by atoms with Gasteiger partial charge in [-0.1, -0.05) is 24.3 Å². The predicted octanol–water partition coefficient (Wildman–Crippen LogP) is 4.60. The molecule has 142 valence electrons. The zero-order chi connectivity index (χ0) is 19.9. The number of aliphatic hydroxyl groups is 1. The molecule has 0 bridgehead atoms. The van der Waals surface area contributed by atoms with E-state index < -0.39 is 5.92 Å². The fourth-order valence-electron chi connectivity index (χ4n) is 2.99. The molecule has 0 aliphatic rings. The highest BCUT2D eigenvalue weighted by Crippen LogP contribution is 2.35. The predicted molar refractivity (Wildman–Crippen MR) is 109 cm³/mol. The van der Waals surface area contributed by atoms with Crippen LogP contribution in [-0.2, 0) is 6.61 Å². The van der Waals surface area contributed by atoms with Gasteiger partial charge >= 0.3 is 0 Å². The minimum atomic E-state index is -0.472. The van der Waals surface area contributed by atoms with Crippen LogP contribution in [0.2, 0.25) is 0 Å². The van der Waals surface area contributed by atoms with E-state index in [-0.39, 0.29) is 6.61 Å². The third-order valence-electron chi connectivity index (χ3n) is 4.56. The lowest BCUT2D eigenvalue weighted by atomic mass is 9.91. The number of nitriles is 1. The smallest absolute Gasteiger partial charge is 0.119 e. The lowest BCUT2D eigenvalue weighted by molar-refractivity contribution is 0.282. The molecule has 5 nitrogen and oxygen atoms in total. The van der Waals surface area contributed by atoms with Gasteiger partial charge in [0.05, 0.1) is 32.8 Å². The fraction of sp³-hybridized carbons (Fsp3) is 0.174. The maximum Gasteiger partial charge on any atom is 0.119 e. The van der Waals surface area contributed by atoms with Crippen molar-refractivity contribution in [3.63, 3.8) is 0 Å². The van der Waals surface area contributed by atoms with Crippen molar-refractivity contribution in [1.82, 2.24) is 0 Å². The summed E-state index contributed by atoms with van der Waals surface area (Å²) in [7, 11) is 3.22. The van der Waals surface area contributed by atoms with E-state index in [1.165, 1.54) is 0 Å². The van der Waals surface area contributed by atoms with Crippen LogP contribution in [0.25, 0.3) is 0 Å². The van der Waals surface area contributed by atoms with Gasteiger partial charge in [-0.25, -0.2) is 0 Å². The summed E-state index contributed by atoms with van der Waals surface area (Å²) < 4.78 is 10.6. The standard InChI is InChI=1S/C23H22N2O3/c1-27-19-9-5-17(6-10-19)22(14-24)21-13-20(28-2)11-12-23(21)25-18-7-3-16(15-26)4-8-18/h3-13,22,25-26H,15H2,1-2H3. The number of methoxy groups -OCH3 is 2. The van der Waals surface area contributed by atoms with Crippen LogP contribution < -0.4 is 14.8 Å². The second kappa shape index (κ2) is 8.94. The number of nitrogens with one attached hydrogen (secondary N) is 1. The Labute approximate surface area is 164 Å². The molecule has 0 aliphatic carbocycles. The summed E-state index contributed by atoms with van der Waals surface area (Å²) >= 11 is 0. The van der Waals surface area contributed by atoms with Gasteiger partial charge in [0.25, 0.3) is 0 Å². The number of aliphatic hydroxyl groups excluding tert-OH is 1. The Morgan fingerprint density at radius 1 is 0.929 bits per heavy atom. The van der Waals surface area contributed by atoms with Crippen molar-refractivity contribution in [2.75, 3.05) is 19.5 Å². The molecule has 3 rings (SSSR count). The molecule has 1 unspecified atom stereocenters. The van der Waals surface area contributed by atoms with E-state index in [1.807, 2.05) is 66.7 Å². The van der Waals surface area contributed by atoms with E-state index >= 15 is 0 Å². The number of hydrogen-bond acceptors (Lipinski definition) is 5. The zero-order valence-corrected chi connectivity index (χ0v) is 15.8. The van der Waals surface area contributed by atoms with Gasteiger partial charge < -0.3 is 19.9 Å². The summed E-state index contributed by atoms with van der Waals surface area (Å²) in [6.07, 6.45) is 0. The number of anilines is 2. The van der Waals surface area contributed by atoms with Crippen molar-refractivity contribution >= 4 is 11.4 Å². The summed E-state index contributed by atoms with van der Waals surface area (Å²) in [5.74, 6) is 0.957. The molecule has 0 heterocycles. The maximum absolute atomic E-state index is 9.90. The van der Waals surface area contributed by atoms with Crippen molar-refractivity contribution in [2.45, 2.75) is 12.5 Å². The molecule has 1 atom stereocenters. The first-order valence-electron chi connectivity index (χ1n) is 8.86. The molecule has 0 radical (unpaired) electrons. The third kappa shape index (κ3) is 4.25. The molecule has 0 saturated heterocycles. The third-order valence-corrected chi connectivity index (χ3v) is 4.56. The lowest BCUT2D eigenvalue weighted by Gasteiger charge is -2.18. The topological polar surface area (TPSA) is 74.5 Å². The normalized spacial score (nSPS) is 11.4. The Kier molecular flexibility index (Phi) is 6.15. The van der Waals surface area contributed by atoms with E-state index in [0.29, 0.717) is 5.75 Å². The monoisotopic (exact) mass is 374 g/mol. The van der Waals surface area contributed by atoms with Gasteiger partial charge in [0.1, 0.15) is 11.5 Å². The Hall–Kier alpha value is -3.49. The van der Waals surface area contributed by atoms with Crippen molar-refractivity contribution in [3.8, 4) is 17.6 Å². The molecule has 0 aliphatic heterocycles. The van der Waals surface area contributed by atoms with Gasteiger partial charge in [-0.3, -0.25) is 0 Å². The number of benzene rings is 3. The highest BCUT2D eigenvalue weighted by molar-refractivity contribution is 5.67. The minimum Gasteiger partial charge on any atom is -0.497 e. The molecule has 0 aromatic heterocycles. The van der Waals surface area contributed by atoms with Gasteiger partial charge in [-0.05, 0) is 53.6 Å². The molecule has 3 aromatic carbocycles. The van der Waals surface area contributed by atoms with E-state index in [1.54, 1.807) is 14.2 Å². The molecule has 0 spiro atoms. The van der Waals surface area contributed by atoms with E-state index in [4.69, 9.17) is 9.47 Å². The van der Waals surface area contributed by atoms with Crippen LogP contribution in [0.15, 0.2) is 66.7 Å². The van der Waals surface area contributed by atoms with Crippen LogP contribution in [0, 0.1) is 11.3 Å². The summed E-state index contributed by atoms with van der Waals surface area (Å²) in [5.41, 5.74) is 4.22. The number of ether oxygens (including phenoxy) is 2. The molecule has 2 N–H and O–H groups in total. The summed E-state index contributed by atoms with van der Waals surface area (Å²) in [6, 6.07) is 23.0. The fourth-order valence-corrected chi connectivity index (χ4v) is 2.99. The van der Waals surface area contributed by atoms with E-state index in [9.17, 15) is 10.4 Å². The Morgan fingerprint density at radius 2 is 1.57 bits per heavy atom. The van der Waals surface area contributed by atoms with Crippen LogP contribution in [0.3, 0.4) is 0 Å². The van der Waals surface area contributed by atoms with Crippen LogP contribution in [0.4, 0.5) is 11.4 Å². The first-order chi connectivity index (χ1) is 13.7. The molecular weight excluding hydrogens is 352 g/mol. The van der Waals surface area contributed by atoms with Gasteiger partial charge in [0.2, 0.25) is 0 Å². The van der Waals surface area contributed by atoms with Crippen LogP contribution >= 0.6 is 0 Å². The second-order valence-electron chi connectivity index (χ2n) is 6.27. The lowest BCUT2D eigenvalue weighted by Crippen LogP contribution is -2.04. The van der Waals surface area contributed by atoms with E-state index in [2.05, 4.69) is 11.4 Å². The highest BCUT2D eigenvalue weighted by atomic mass is 16.5. The van der Waals surface area contributed by atoms with Crippen molar-refractivity contribution in [1.29, 1.82) is 5.26 Å². The summed E-state index contributed by atoms with van der Waals surface area (Å²) in [5, 5.41) is 22.5. The van der Waals surface area contributed by atoms with Crippen LogP contribution in [0.1, 0.15) is 22.6 Å². The molecular formula is C23H22N2O3. The molecule has 0 amide bonds. The van der Waals surface area contributed by atoms with Crippen LogP contribution in [0.5, 0.6) is 11.5 Å².